The number of rotatable bonds is 9. The number of nitrogens with zero attached hydrogens (tertiary/aromatic N) is 1. The molecule has 1 saturated heterocycles. The Balaban J connectivity index is 1.58. The van der Waals surface area contributed by atoms with Gasteiger partial charge in [-0.1, -0.05) is 54.6 Å². The van der Waals surface area contributed by atoms with E-state index >= 15 is 0 Å². The van der Waals surface area contributed by atoms with E-state index < -0.39 is 59.8 Å². The zero-order chi connectivity index (χ0) is 31.3. The number of carbonyl (C=O) groups is 3. The van der Waals surface area contributed by atoms with Gasteiger partial charge in [-0.2, -0.15) is 0 Å². The number of ether oxygens (including phenoxy) is 5. The molecule has 2 heterocycles. The quantitative estimate of drug-likeness (QED) is 0.224. The molecular formula is C32H28N2O10. The summed E-state index contributed by atoms with van der Waals surface area (Å²) in [5.41, 5.74) is -3.00. The number of esters is 3. The predicted octanol–water partition coefficient (Wildman–Crippen LogP) is 3.14. The summed E-state index contributed by atoms with van der Waals surface area (Å²) in [5, 5.41) is 0. The monoisotopic (exact) mass is 600 g/mol. The molecule has 4 atom stereocenters. The Morgan fingerprint density at radius 2 is 1.34 bits per heavy atom. The van der Waals surface area contributed by atoms with Gasteiger partial charge in [0.2, 0.25) is 5.75 Å². The molecule has 5 rings (SSSR count). The van der Waals surface area contributed by atoms with E-state index in [0.717, 1.165) is 10.8 Å². The molecule has 0 spiro atoms. The van der Waals surface area contributed by atoms with Crippen molar-refractivity contribution in [1.29, 1.82) is 0 Å². The second-order valence-corrected chi connectivity index (χ2v) is 9.99. The number of benzene rings is 3. The standard InChI is InChI=1S/C32H28N2O10/c1-32(44-29(38)22-16-10-5-11-17-22)25(43-28(37)21-14-8-4-9-15-21)24(19-41-27(36)20-12-6-3-7-13-20)42-30(32)34-18-23(40-2)26(35)33-31(34)39/h3-18,24-25,30H,19H2,1-2H3,(H,33,35,39)/t24-,25-,30-,32-/m1/s1. The Hall–Kier alpha value is -5.49. The lowest BCUT2D eigenvalue weighted by Crippen LogP contribution is -2.52. The van der Waals surface area contributed by atoms with Crippen molar-refractivity contribution in [3.8, 4) is 5.75 Å². The van der Waals surface area contributed by atoms with Gasteiger partial charge in [-0.15, -0.1) is 0 Å². The van der Waals surface area contributed by atoms with Crippen LogP contribution in [0.3, 0.4) is 0 Å². The minimum absolute atomic E-state index is 0.172. The summed E-state index contributed by atoms with van der Waals surface area (Å²) in [5.74, 6) is -2.51. The van der Waals surface area contributed by atoms with Gasteiger partial charge < -0.3 is 23.7 Å². The molecule has 12 nitrogen and oxygen atoms in total. The van der Waals surface area contributed by atoms with E-state index in [9.17, 15) is 24.0 Å². The molecule has 0 aliphatic carbocycles. The third kappa shape index (κ3) is 6.15. The zero-order valence-electron chi connectivity index (χ0n) is 23.7. The van der Waals surface area contributed by atoms with Gasteiger partial charge in [-0.25, -0.2) is 19.2 Å². The minimum atomic E-state index is -1.91. The average Bonchev–Trinajstić information content (AvgIpc) is 3.31. The first kappa shape index (κ1) is 30.0. The van der Waals surface area contributed by atoms with E-state index in [0.29, 0.717) is 0 Å². The number of hydrogen-bond acceptors (Lipinski definition) is 10. The lowest BCUT2D eigenvalue weighted by molar-refractivity contribution is -0.111. The van der Waals surface area contributed by atoms with E-state index in [1.54, 1.807) is 66.7 Å². The second-order valence-electron chi connectivity index (χ2n) is 9.99. The number of aromatic amines is 1. The van der Waals surface area contributed by atoms with Crippen molar-refractivity contribution in [3.05, 3.63) is 135 Å². The normalized spacial score (nSPS) is 20.8. The molecule has 1 aliphatic rings. The number of aromatic nitrogens is 2. The molecule has 1 fully saturated rings. The van der Waals surface area contributed by atoms with Crippen molar-refractivity contribution in [2.75, 3.05) is 13.7 Å². The summed E-state index contributed by atoms with van der Waals surface area (Å²) in [6.07, 6.45) is -3.04. The van der Waals surface area contributed by atoms with Crippen molar-refractivity contribution in [1.82, 2.24) is 9.55 Å². The van der Waals surface area contributed by atoms with Gasteiger partial charge >= 0.3 is 23.6 Å². The topological polar surface area (TPSA) is 152 Å². The molecule has 4 aromatic rings. The van der Waals surface area contributed by atoms with E-state index in [1.807, 2.05) is 0 Å². The number of nitrogens with one attached hydrogen (secondary N) is 1. The fraction of sp³-hybridized carbons (Fsp3) is 0.219. The van der Waals surface area contributed by atoms with E-state index in [4.69, 9.17) is 23.7 Å². The van der Waals surface area contributed by atoms with Crippen molar-refractivity contribution in [2.24, 2.45) is 0 Å². The van der Waals surface area contributed by atoms with Gasteiger partial charge in [0.05, 0.1) is 30.0 Å². The molecule has 44 heavy (non-hydrogen) atoms. The van der Waals surface area contributed by atoms with Crippen LogP contribution >= 0.6 is 0 Å². The molecule has 1 N–H and O–H groups in total. The summed E-state index contributed by atoms with van der Waals surface area (Å²) in [6.45, 7) is 0.967. The Morgan fingerprint density at radius 3 is 1.89 bits per heavy atom. The highest BCUT2D eigenvalue weighted by atomic mass is 16.7. The van der Waals surface area contributed by atoms with Gasteiger partial charge in [0, 0.05) is 0 Å². The highest BCUT2D eigenvalue weighted by Crippen LogP contribution is 2.43. The molecule has 12 heteroatoms. The summed E-state index contributed by atoms with van der Waals surface area (Å²) < 4.78 is 29.7. The van der Waals surface area contributed by atoms with E-state index in [1.165, 1.54) is 38.3 Å². The van der Waals surface area contributed by atoms with Crippen LogP contribution in [0.15, 0.2) is 107 Å². The summed E-state index contributed by atoms with van der Waals surface area (Å²) >= 11 is 0. The lowest BCUT2D eigenvalue weighted by Gasteiger charge is -2.34. The van der Waals surface area contributed by atoms with Crippen LogP contribution in [0, 0.1) is 0 Å². The fourth-order valence-electron chi connectivity index (χ4n) is 4.84. The lowest BCUT2D eigenvalue weighted by atomic mass is 9.95. The largest absolute Gasteiger partial charge is 0.490 e. The summed E-state index contributed by atoms with van der Waals surface area (Å²) in [6, 6.07) is 24.3. The molecule has 0 saturated carbocycles. The van der Waals surface area contributed by atoms with Gasteiger partial charge in [0.25, 0.3) is 5.56 Å². The van der Waals surface area contributed by atoms with Crippen molar-refractivity contribution < 1.29 is 38.1 Å². The minimum Gasteiger partial charge on any atom is -0.490 e. The molecule has 0 radical (unpaired) electrons. The molecule has 1 aliphatic heterocycles. The number of H-pyrrole nitrogens is 1. The molecule has 3 aromatic carbocycles. The Morgan fingerprint density at radius 1 is 0.818 bits per heavy atom. The van der Waals surface area contributed by atoms with Crippen LogP contribution < -0.4 is 16.0 Å². The van der Waals surface area contributed by atoms with Crippen LogP contribution in [-0.4, -0.2) is 59.0 Å². The maximum Gasteiger partial charge on any atom is 0.338 e. The molecule has 1 aromatic heterocycles. The number of hydrogen-bond donors (Lipinski definition) is 1. The average molecular weight is 601 g/mol. The summed E-state index contributed by atoms with van der Waals surface area (Å²) in [7, 11) is 1.24. The maximum atomic E-state index is 13.4. The van der Waals surface area contributed by atoms with Crippen LogP contribution in [0.1, 0.15) is 44.2 Å². The SMILES string of the molecule is COc1cn([C@@H]2O[C@H](COC(=O)c3ccccc3)[C@@H](OC(=O)c3ccccc3)[C@@]2(C)OC(=O)c2ccccc2)c(=O)[nH]c1=O. The fourth-order valence-corrected chi connectivity index (χ4v) is 4.84. The number of methoxy groups -OCH3 is 1. The first-order valence-corrected chi connectivity index (χ1v) is 13.5. The third-order valence-corrected chi connectivity index (χ3v) is 7.06. The van der Waals surface area contributed by atoms with Crippen LogP contribution in [0.5, 0.6) is 5.75 Å². The Kier molecular flexibility index (Phi) is 8.72. The molecule has 0 bridgehead atoms. The molecular weight excluding hydrogens is 572 g/mol. The third-order valence-electron chi connectivity index (χ3n) is 7.06. The van der Waals surface area contributed by atoms with Gasteiger partial charge in [0.15, 0.2) is 17.9 Å². The van der Waals surface area contributed by atoms with Crippen LogP contribution in [0.4, 0.5) is 0 Å². The van der Waals surface area contributed by atoms with Crippen LogP contribution in [0.25, 0.3) is 0 Å². The molecule has 226 valence electrons. The Bertz CT molecular complexity index is 1750. The zero-order valence-corrected chi connectivity index (χ0v) is 23.7. The highest BCUT2D eigenvalue weighted by Gasteiger charge is 2.60. The summed E-state index contributed by atoms with van der Waals surface area (Å²) in [4.78, 5) is 67.1. The van der Waals surface area contributed by atoms with E-state index in [2.05, 4.69) is 4.98 Å². The highest BCUT2D eigenvalue weighted by molar-refractivity contribution is 5.91. The van der Waals surface area contributed by atoms with Crippen LogP contribution in [0.2, 0.25) is 0 Å². The second kappa shape index (κ2) is 12.8. The van der Waals surface area contributed by atoms with Crippen molar-refractivity contribution >= 4 is 17.9 Å². The smallest absolute Gasteiger partial charge is 0.338 e. The Labute approximate surface area is 250 Å². The van der Waals surface area contributed by atoms with Crippen molar-refractivity contribution in [3.63, 3.8) is 0 Å². The van der Waals surface area contributed by atoms with Gasteiger partial charge in [-0.05, 0) is 43.3 Å². The van der Waals surface area contributed by atoms with Gasteiger partial charge in [-0.3, -0.25) is 14.3 Å². The molecule has 0 unspecified atom stereocenters. The first-order valence-electron chi connectivity index (χ1n) is 13.5. The first-order chi connectivity index (χ1) is 21.2. The predicted molar refractivity (Wildman–Crippen MR) is 154 cm³/mol. The molecule has 0 amide bonds. The van der Waals surface area contributed by atoms with Gasteiger partial charge in [0.1, 0.15) is 12.7 Å². The number of carbonyl (C=O) groups excluding carboxylic acids is 3. The van der Waals surface area contributed by atoms with E-state index in [-0.39, 0.29) is 22.4 Å². The van der Waals surface area contributed by atoms with Crippen LogP contribution in [-0.2, 0) is 18.9 Å². The maximum absolute atomic E-state index is 13.4. The van der Waals surface area contributed by atoms with Crippen molar-refractivity contribution in [2.45, 2.75) is 31.0 Å².